The Hall–Kier alpha value is -2.29. The highest BCUT2D eigenvalue weighted by Crippen LogP contribution is 2.31. The van der Waals surface area contributed by atoms with Gasteiger partial charge in [0.15, 0.2) is 0 Å². The van der Waals surface area contributed by atoms with Crippen LogP contribution in [0.15, 0.2) is 18.2 Å². The summed E-state index contributed by atoms with van der Waals surface area (Å²) in [4.78, 5) is 24.1. The Balaban J connectivity index is 1.46. The first-order valence-electron chi connectivity index (χ1n) is 9.60. The lowest BCUT2D eigenvalue weighted by Gasteiger charge is -2.28. The molecule has 0 saturated carbocycles. The second kappa shape index (κ2) is 7.62. The van der Waals surface area contributed by atoms with Crippen LogP contribution in [-0.4, -0.2) is 60.2 Å². The minimum atomic E-state index is -4.38. The Bertz CT molecular complexity index is 845. The van der Waals surface area contributed by atoms with Crippen molar-refractivity contribution in [3.8, 4) is 0 Å². The minimum absolute atomic E-state index is 0.0345. The van der Waals surface area contributed by atoms with Crippen LogP contribution < -0.4 is 4.90 Å². The van der Waals surface area contributed by atoms with Crippen molar-refractivity contribution in [3.05, 3.63) is 23.8 Å². The lowest BCUT2D eigenvalue weighted by atomic mass is 9.98. The highest BCUT2D eigenvalue weighted by atomic mass is 19.4. The molecular weight excluding hydrogens is 373 g/mol. The summed E-state index contributed by atoms with van der Waals surface area (Å²) in [5.41, 5.74) is 0.172. The molecule has 1 aromatic heterocycles. The van der Waals surface area contributed by atoms with E-state index in [1.54, 1.807) is 0 Å². The zero-order chi connectivity index (χ0) is 19.7. The molecule has 1 N–H and O–H groups in total. The molecule has 2 aliphatic heterocycles. The standard InChI is InChI=1S/C19H23F3N4O2/c20-19(21,22)14-2-3-15-16(12-14)24-18(23-15)26-7-1-6-25(8-9-26)17(27)13-4-10-28-11-5-13/h2-3,12-13H,1,4-11H2,(H,23,24). The number of fused-ring (bicyclic) bond motifs is 1. The van der Waals surface area contributed by atoms with Gasteiger partial charge in [-0.2, -0.15) is 13.2 Å². The van der Waals surface area contributed by atoms with Gasteiger partial charge in [0.25, 0.3) is 0 Å². The monoisotopic (exact) mass is 396 g/mol. The zero-order valence-corrected chi connectivity index (χ0v) is 15.5. The summed E-state index contributed by atoms with van der Waals surface area (Å²) in [5, 5.41) is 0. The van der Waals surface area contributed by atoms with Crippen LogP contribution in [0.1, 0.15) is 24.8 Å². The number of H-pyrrole nitrogens is 1. The van der Waals surface area contributed by atoms with Crippen molar-refractivity contribution in [1.29, 1.82) is 0 Å². The molecule has 2 aromatic rings. The number of halogens is 3. The molecule has 6 nitrogen and oxygen atoms in total. The predicted octanol–water partition coefficient (Wildman–Crippen LogP) is 3.05. The molecule has 28 heavy (non-hydrogen) atoms. The molecule has 9 heteroatoms. The van der Waals surface area contributed by atoms with Crippen molar-refractivity contribution in [2.45, 2.75) is 25.4 Å². The van der Waals surface area contributed by atoms with Gasteiger partial charge in [0.1, 0.15) is 0 Å². The van der Waals surface area contributed by atoms with Crippen LogP contribution in [0, 0.1) is 5.92 Å². The molecule has 0 spiro atoms. The van der Waals surface area contributed by atoms with Gasteiger partial charge >= 0.3 is 6.18 Å². The Labute approximate surface area is 160 Å². The molecule has 0 atom stereocenters. The van der Waals surface area contributed by atoms with E-state index >= 15 is 0 Å². The second-order valence-electron chi connectivity index (χ2n) is 7.34. The highest BCUT2D eigenvalue weighted by molar-refractivity contribution is 5.80. The summed E-state index contributed by atoms with van der Waals surface area (Å²) in [6.45, 7) is 3.83. The molecule has 152 valence electrons. The zero-order valence-electron chi connectivity index (χ0n) is 15.5. The molecule has 2 saturated heterocycles. The van der Waals surface area contributed by atoms with E-state index in [0.29, 0.717) is 56.4 Å². The third kappa shape index (κ3) is 3.94. The van der Waals surface area contributed by atoms with Crippen molar-refractivity contribution in [1.82, 2.24) is 14.9 Å². The summed E-state index contributed by atoms with van der Waals surface area (Å²) in [6.07, 6.45) is -2.05. The molecule has 0 bridgehead atoms. The largest absolute Gasteiger partial charge is 0.416 e. The molecule has 4 rings (SSSR count). The molecule has 0 unspecified atom stereocenters. The first-order chi connectivity index (χ1) is 13.4. The Morgan fingerprint density at radius 1 is 1.14 bits per heavy atom. The highest BCUT2D eigenvalue weighted by Gasteiger charge is 2.31. The Kier molecular flexibility index (Phi) is 5.18. The number of carbonyl (C=O) groups excluding carboxylic acids is 1. The van der Waals surface area contributed by atoms with E-state index in [2.05, 4.69) is 9.97 Å². The van der Waals surface area contributed by atoms with Gasteiger partial charge in [-0.15, -0.1) is 0 Å². The fourth-order valence-electron chi connectivity index (χ4n) is 3.87. The maximum absolute atomic E-state index is 12.9. The lowest BCUT2D eigenvalue weighted by Crippen LogP contribution is -2.40. The molecule has 0 radical (unpaired) electrons. The van der Waals surface area contributed by atoms with Gasteiger partial charge in [-0.3, -0.25) is 4.79 Å². The normalized spacial score (nSPS) is 19.8. The Morgan fingerprint density at radius 3 is 2.68 bits per heavy atom. The van der Waals surface area contributed by atoms with E-state index in [1.807, 2.05) is 9.80 Å². The molecule has 1 amide bonds. The fourth-order valence-corrected chi connectivity index (χ4v) is 3.87. The average Bonchev–Trinajstić information content (AvgIpc) is 2.96. The smallest absolute Gasteiger partial charge is 0.381 e. The van der Waals surface area contributed by atoms with Crippen molar-refractivity contribution in [2.75, 3.05) is 44.3 Å². The van der Waals surface area contributed by atoms with Gasteiger partial charge in [0.05, 0.1) is 16.6 Å². The number of carbonyl (C=O) groups is 1. The van der Waals surface area contributed by atoms with E-state index in [0.717, 1.165) is 31.4 Å². The van der Waals surface area contributed by atoms with Crippen LogP contribution in [0.5, 0.6) is 0 Å². The van der Waals surface area contributed by atoms with Gasteiger partial charge in [-0.05, 0) is 37.5 Å². The maximum Gasteiger partial charge on any atom is 0.416 e. The van der Waals surface area contributed by atoms with E-state index in [1.165, 1.54) is 6.07 Å². The van der Waals surface area contributed by atoms with E-state index in [-0.39, 0.29) is 11.8 Å². The maximum atomic E-state index is 12.9. The average molecular weight is 396 g/mol. The number of amides is 1. The molecule has 2 aliphatic rings. The number of aromatic nitrogens is 2. The number of aromatic amines is 1. The van der Waals surface area contributed by atoms with E-state index in [9.17, 15) is 18.0 Å². The molecular formula is C19H23F3N4O2. The van der Waals surface area contributed by atoms with Gasteiger partial charge in [0.2, 0.25) is 11.9 Å². The SMILES string of the molecule is O=C(C1CCOCC1)N1CCCN(c2nc3ccc(C(F)(F)F)cc3[nH]2)CC1. The van der Waals surface area contributed by atoms with Crippen LogP contribution in [0.2, 0.25) is 0 Å². The predicted molar refractivity (Wildman–Crippen MR) is 98.0 cm³/mol. The van der Waals surface area contributed by atoms with Crippen LogP contribution in [0.3, 0.4) is 0 Å². The first kappa shape index (κ1) is 19.0. The van der Waals surface area contributed by atoms with Gasteiger partial charge in [0, 0.05) is 45.3 Å². The number of nitrogens with one attached hydrogen (secondary N) is 1. The van der Waals surface area contributed by atoms with Crippen LogP contribution in [0.4, 0.5) is 19.1 Å². The number of alkyl halides is 3. The third-order valence-corrected chi connectivity index (χ3v) is 5.47. The molecule has 3 heterocycles. The van der Waals surface area contributed by atoms with Crippen LogP contribution >= 0.6 is 0 Å². The summed E-state index contributed by atoms with van der Waals surface area (Å²) in [5.74, 6) is 0.770. The van der Waals surface area contributed by atoms with Crippen molar-refractivity contribution in [2.24, 2.45) is 5.92 Å². The molecule has 1 aromatic carbocycles. The topological polar surface area (TPSA) is 61.5 Å². The first-order valence-corrected chi connectivity index (χ1v) is 9.60. The van der Waals surface area contributed by atoms with E-state index in [4.69, 9.17) is 4.74 Å². The number of benzene rings is 1. The number of hydrogen-bond acceptors (Lipinski definition) is 4. The summed E-state index contributed by atoms with van der Waals surface area (Å²) >= 11 is 0. The molecule has 2 fully saturated rings. The number of imidazole rings is 1. The Morgan fingerprint density at radius 2 is 1.93 bits per heavy atom. The van der Waals surface area contributed by atoms with Gasteiger partial charge in [-0.25, -0.2) is 4.98 Å². The lowest BCUT2D eigenvalue weighted by molar-refractivity contribution is -0.138. The fraction of sp³-hybridized carbons (Fsp3) is 0.579. The summed E-state index contributed by atoms with van der Waals surface area (Å²) in [7, 11) is 0. The number of nitrogens with zero attached hydrogens (tertiary/aromatic N) is 3. The quantitative estimate of drug-likeness (QED) is 0.848. The summed E-state index contributed by atoms with van der Waals surface area (Å²) in [6, 6.07) is 3.52. The van der Waals surface area contributed by atoms with E-state index < -0.39 is 11.7 Å². The second-order valence-corrected chi connectivity index (χ2v) is 7.34. The molecule has 0 aliphatic carbocycles. The van der Waals surface area contributed by atoms with Crippen molar-refractivity contribution < 1.29 is 22.7 Å². The minimum Gasteiger partial charge on any atom is -0.381 e. The van der Waals surface area contributed by atoms with Crippen molar-refractivity contribution in [3.63, 3.8) is 0 Å². The van der Waals surface area contributed by atoms with Crippen LogP contribution in [-0.2, 0) is 15.7 Å². The van der Waals surface area contributed by atoms with Crippen molar-refractivity contribution >= 4 is 22.9 Å². The number of anilines is 1. The number of hydrogen-bond donors (Lipinski definition) is 1. The number of ether oxygens (including phenoxy) is 1. The third-order valence-electron chi connectivity index (χ3n) is 5.47. The number of rotatable bonds is 2. The van der Waals surface area contributed by atoms with Gasteiger partial charge in [-0.1, -0.05) is 0 Å². The van der Waals surface area contributed by atoms with Gasteiger partial charge < -0.3 is 19.5 Å². The summed E-state index contributed by atoms with van der Waals surface area (Å²) < 4.78 is 44.1. The van der Waals surface area contributed by atoms with Crippen LogP contribution in [0.25, 0.3) is 11.0 Å².